The molecule has 0 spiro atoms. The smallest absolute Gasteiger partial charge is 0.216 e. The zero-order valence-corrected chi connectivity index (χ0v) is 13.0. The molecule has 0 radical (unpaired) electrons. The SMILES string of the molecule is CC(=O)NCCc1cc(-c2ccccc2)cc2ccc(O)cc12. The molecule has 116 valence electrons. The molecule has 0 fully saturated rings. The number of hydrogen-bond acceptors (Lipinski definition) is 2. The van der Waals surface area contributed by atoms with Crippen LogP contribution >= 0.6 is 0 Å². The van der Waals surface area contributed by atoms with E-state index in [0.717, 1.165) is 33.9 Å². The molecular formula is C20H19NO2. The summed E-state index contributed by atoms with van der Waals surface area (Å²) in [7, 11) is 0. The van der Waals surface area contributed by atoms with Gasteiger partial charge in [-0.2, -0.15) is 0 Å². The van der Waals surface area contributed by atoms with Gasteiger partial charge in [0.2, 0.25) is 5.91 Å². The Labute approximate surface area is 135 Å². The minimum Gasteiger partial charge on any atom is -0.508 e. The van der Waals surface area contributed by atoms with Crippen LogP contribution in [-0.2, 0) is 11.2 Å². The minimum atomic E-state index is -0.0311. The maximum Gasteiger partial charge on any atom is 0.216 e. The Kier molecular flexibility index (Phi) is 4.29. The second kappa shape index (κ2) is 6.53. The number of benzene rings is 3. The lowest BCUT2D eigenvalue weighted by molar-refractivity contribution is -0.118. The Morgan fingerprint density at radius 2 is 1.78 bits per heavy atom. The number of fused-ring (bicyclic) bond motifs is 1. The van der Waals surface area contributed by atoms with Crippen LogP contribution in [-0.4, -0.2) is 17.6 Å². The molecular weight excluding hydrogens is 286 g/mol. The van der Waals surface area contributed by atoms with Crippen molar-refractivity contribution in [2.45, 2.75) is 13.3 Å². The number of amides is 1. The summed E-state index contributed by atoms with van der Waals surface area (Å²) < 4.78 is 0. The van der Waals surface area contributed by atoms with Crippen LogP contribution < -0.4 is 5.32 Å². The summed E-state index contributed by atoms with van der Waals surface area (Å²) in [6.45, 7) is 2.10. The molecule has 0 aliphatic carbocycles. The van der Waals surface area contributed by atoms with Gasteiger partial charge in [-0.25, -0.2) is 0 Å². The number of carbonyl (C=O) groups excluding carboxylic acids is 1. The molecule has 3 nitrogen and oxygen atoms in total. The van der Waals surface area contributed by atoms with E-state index in [4.69, 9.17) is 0 Å². The largest absolute Gasteiger partial charge is 0.508 e. The number of phenolic OH excluding ortho intramolecular Hbond substituents is 1. The molecule has 23 heavy (non-hydrogen) atoms. The third-order valence-electron chi connectivity index (χ3n) is 3.90. The summed E-state index contributed by atoms with van der Waals surface area (Å²) in [6, 6.07) is 19.9. The zero-order valence-electron chi connectivity index (χ0n) is 13.0. The van der Waals surface area contributed by atoms with Crippen molar-refractivity contribution in [1.82, 2.24) is 5.32 Å². The molecule has 0 bridgehead atoms. The fourth-order valence-corrected chi connectivity index (χ4v) is 2.80. The highest BCUT2D eigenvalue weighted by molar-refractivity contribution is 5.91. The van der Waals surface area contributed by atoms with Crippen molar-refractivity contribution in [3.05, 3.63) is 66.2 Å². The molecule has 3 rings (SSSR count). The number of aromatic hydroxyl groups is 1. The summed E-state index contributed by atoms with van der Waals surface area (Å²) in [5.41, 5.74) is 3.41. The highest BCUT2D eigenvalue weighted by Gasteiger charge is 2.07. The zero-order chi connectivity index (χ0) is 16.2. The van der Waals surface area contributed by atoms with E-state index in [1.165, 1.54) is 6.92 Å². The summed E-state index contributed by atoms with van der Waals surface area (Å²) >= 11 is 0. The van der Waals surface area contributed by atoms with Crippen molar-refractivity contribution in [2.24, 2.45) is 0 Å². The first-order chi connectivity index (χ1) is 11.1. The van der Waals surface area contributed by atoms with Crippen molar-refractivity contribution in [2.75, 3.05) is 6.54 Å². The molecule has 1 amide bonds. The first kappa shape index (κ1) is 15.1. The minimum absolute atomic E-state index is 0.0311. The van der Waals surface area contributed by atoms with Crippen molar-refractivity contribution in [1.29, 1.82) is 0 Å². The lowest BCUT2D eigenvalue weighted by atomic mass is 9.95. The van der Waals surface area contributed by atoms with Crippen LogP contribution in [0.3, 0.4) is 0 Å². The van der Waals surface area contributed by atoms with Crippen molar-refractivity contribution in [3.8, 4) is 16.9 Å². The Balaban J connectivity index is 2.06. The highest BCUT2D eigenvalue weighted by Crippen LogP contribution is 2.30. The summed E-state index contributed by atoms with van der Waals surface area (Å²) in [5.74, 6) is 0.224. The summed E-state index contributed by atoms with van der Waals surface area (Å²) in [4.78, 5) is 11.1. The van der Waals surface area contributed by atoms with Crippen LogP contribution in [0.5, 0.6) is 5.75 Å². The normalized spacial score (nSPS) is 10.7. The number of nitrogens with one attached hydrogen (secondary N) is 1. The van der Waals surface area contributed by atoms with Gasteiger partial charge < -0.3 is 10.4 Å². The second-order valence-electron chi connectivity index (χ2n) is 5.64. The van der Waals surface area contributed by atoms with Crippen LogP contribution in [0.4, 0.5) is 0 Å². The Morgan fingerprint density at radius 1 is 1.00 bits per heavy atom. The maximum absolute atomic E-state index is 11.1. The number of phenols is 1. The van der Waals surface area contributed by atoms with E-state index in [9.17, 15) is 9.90 Å². The summed E-state index contributed by atoms with van der Waals surface area (Å²) in [5, 5.41) is 14.7. The molecule has 0 saturated heterocycles. The quantitative estimate of drug-likeness (QED) is 0.768. The van der Waals surface area contributed by atoms with Crippen LogP contribution in [0.15, 0.2) is 60.7 Å². The predicted molar refractivity (Wildman–Crippen MR) is 93.4 cm³/mol. The Bertz CT molecular complexity index is 841. The lowest BCUT2D eigenvalue weighted by Crippen LogP contribution is -2.22. The Hall–Kier alpha value is -2.81. The van der Waals surface area contributed by atoms with Crippen LogP contribution in [0.2, 0.25) is 0 Å². The topological polar surface area (TPSA) is 49.3 Å². The van der Waals surface area contributed by atoms with Gasteiger partial charge in [0.1, 0.15) is 5.75 Å². The van der Waals surface area contributed by atoms with E-state index in [-0.39, 0.29) is 11.7 Å². The molecule has 2 N–H and O–H groups in total. The second-order valence-corrected chi connectivity index (χ2v) is 5.64. The summed E-state index contributed by atoms with van der Waals surface area (Å²) in [6.07, 6.45) is 0.722. The Morgan fingerprint density at radius 3 is 2.52 bits per heavy atom. The standard InChI is InChI=1S/C20H19NO2/c1-14(22)21-10-9-17-12-18(15-5-3-2-4-6-15)11-16-7-8-19(23)13-20(16)17/h2-8,11-13,23H,9-10H2,1H3,(H,21,22). The first-order valence-corrected chi connectivity index (χ1v) is 7.69. The van der Waals surface area contributed by atoms with Crippen LogP contribution in [0.1, 0.15) is 12.5 Å². The molecule has 0 unspecified atom stereocenters. The molecule has 0 aliphatic heterocycles. The predicted octanol–water partition coefficient (Wildman–Crippen LogP) is 3.89. The van der Waals surface area contributed by atoms with Crippen molar-refractivity contribution < 1.29 is 9.90 Å². The average Bonchev–Trinajstić information content (AvgIpc) is 2.55. The van der Waals surface area contributed by atoms with Gasteiger partial charge in [-0.3, -0.25) is 4.79 Å². The van der Waals surface area contributed by atoms with Crippen molar-refractivity contribution in [3.63, 3.8) is 0 Å². The van der Waals surface area contributed by atoms with Gasteiger partial charge in [-0.1, -0.05) is 42.5 Å². The maximum atomic E-state index is 11.1. The average molecular weight is 305 g/mol. The third kappa shape index (κ3) is 3.51. The monoisotopic (exact) mass is 305 g/mol. The fraction of sp³-hybridized carbons (Fsp3) is 0.150. The van der Waals surface area contributed by atoms with E-state index < -0.39 is 0 Å². The molecule has 3 heteroatoms. The van der Waals surface area contributed by atoms with E-state index in [1.54, 1.807) is 12.1 Å². The van der Waals surface area contributed by atoms with Gasteiger partial charge in [-0.05, 0) is 52.1 Å². The van der Waals surface area contributed by atoms with Gasteiger partial charge in [0.25, 0.3) is 0 Å². The van der Waals surface area contributed by atoms with Crippen molar-refractivity contribution >= 4 is 16.7 Å². The molecule has 0 aromatic heterocycles. The van der Waals surface area contributed by atoms with E-state index in [1.807, 2.05) is 24.3 Å². The fourth-order valence-electron chi connectivity index (χ4n) is 2.80. The highest BCUT2D eigenvalue weighted by atomic mass is 16.3. The number of hydrogen-bond donors (Lipinski definition) is 2. The molecule has 0 saturated carbocycles. The van der Waals surface area contributed by atoms with E-state index in [0.29, 0.717) is 6.54 Å². The lowest BCUT2D eigenvalue weighted by Gasteiger charge is -2.12. The number of carbonyl (C=O) groups is 1. The first-order valence-electron chi connectivity index (χ1n) is 7.69. The van der Waals surface area contributed by atoms with Gasteiger partial charge >= 0.3 is 0 Å². The third-order valence-corrected chi connectivity index (χ3v) is 3.90. The van der Waals surface area contributed by atoms with E-state index in [2.05, 4.69) is 29.6 Å². The number of rotatable bonds is 4. The molecule has 3 aromatic carbocycles. The van der Waals surface area contributed by atoms with Gasteiger partial charge in [0.15, 0.2) is 0 Å². The molecule has 3 aromatic rings. The van der Waals surface area contributed by atoms with Gasteiger partial charge in [0, 0.05) is 13.5 Å². The van der Waals surface area contributed by atoms with Crippen LogP contribution in [0, 0.1) is 0 Å². The molecule has 0 heterocycles. The molecule has 0 atom stereocenters. The molecule has 0 aliphatic rings. The van der Waals surface area contributed by atoms with Crippen LogP contribution in [0.25, 0.3) is 21.9 Å². The van der Waals surface area contributed by atoms with Gasteiger partial charge in [-0.15, -0.1) is 0 Å². The van der Waals surface area contributed by atoms with Gasteiger partial charge in [0.05, 0.1) is 0 Å². The van der Waals surface area contributed by atoms with E-state index >= 15 is 0 Å².